The van der Waals surface area contributed by atoms with Crippen LogP contribution in [0.4, 0.5) is 4.79 Å². The van der Waals surface area contributed by atoms with Crippen molar-refractivity contribution in [2.45, 2.75) is 59.6 Å². The average Bonchev–Trinajstić information content (AvgIpc) is 2.56. The van der Waals surface area contributed by atoms with Crippen LogP contribution < -0.4 is 0 Å². The van der Waals surface area contributed by atoms with E-state index in [-0.39, 0.29) is 23.8 Å². The largest absolute Gasteiger partial charge is 0.444 e. The highest BCUT2D eigenvalue weighted by Crippen LogP contribution is 2.27. The van der Waals surface area contributed by atoms with Gasteiger partial charge in [-0.1, -0.05) is 20.8 Å². The van der Waals surface area contributed by atoms with Crippen LogP contribution in [-0.4, -0.2) is 35.0 Å². The normalized spacial score (nSPS) is 24.5. The van der Waals surface area contributed by atoms with Crippen LogP contribution in [0, 0.1) is 11.8 Å². The fourth-order valence-electron chi connectivity index (χ4n) is 2.22. The summed E-state index contributed by atoms with van der Waals surface area (Å²) in [6.07, 6.45) is 0.377. The minimum Gasteiger partial charge on any atom is -0.444 e. The Morgan fingerprint density at radius 2 is 1.83 bits per heavy atom. The van der Waals surface area contributed by atoms with E-state index in [2.05, 4.69) is 6.92 Å². The molecule has 1 saturated heterocycles. The van der Waals surface area contributed by atoms with Crippen LogP contribution in [0.25, 0.3) is 0 Å². The van der Waals surface area contributed by atoms with Crippen molar-refractivity contribution in [2.24, 2.45) is 11.8 Å². The number of ether oxygens (including phenoxy) is 1. The number of nitrogens with zero attached hydrogens (tertiary/aromatic N) is 1. The summed E-state index contributed by atoms with van der Waals surface area (Å²) in [6.45, 7) is 11.9. The summed E-state index contributed by atoms with van der Waals surface area (Å²) in [6, 6.07) is -0.310. The van der Waals surface area contributed by atoms with E-state index >= 15 is 0 Å². The van der Waals surface area contributed by atoms with Crippen molar-refractivity contribution < 1.29 is 14.3 Å². The molecule has 18 heavy (non-hydrogen) atoms. The summed E-state index contributed by atoms with van der Waals surface area (Å²) in [5.74, 6) is 0.431. The first-order valence-electron chi connectivity index (χ1n) is 6.65. The van der Waals surface area contributed by atoms with Gasteiger partial charge in [-0.05, 0) is 33.1 Å². The van der Waals surface area contributed by atoms with Gasteiger partial charge in [0.25, 0.3) is 0 Å². The molecular weight excluding hydrogens is 230 g/mol. The molecular formula is C14H25NO3. The Bertz CT molecular complexity index is 330. The highest BCUT2D eigenvalue weighted by molar-refractivity contribution is 5.89. The van der Waals surface area contributed by atoms with Gasteiger partial charge in [-0.2, -0.15) is 0 Å². The van der Waals surface area contributed by atoms with Crippen molar-refractivity contribution in [3.8, 4) is 0 Å². The molecule has 1 fully saturated rings. The third-order valence-corrected chi connectivity index (χ3v) is 3.04. The number of carbonyl (C=O) groups is 2. The van der Waals surface area contributed by atoms with Gasteiger partial charge in [-0.15, -0.1) is 0 Å². The number of carbonyl (C=O) groups excluding carboxylic acids is 2. The molecule has 0 unspecified atom stereocenters. The summed E-state index contributed by atoms with van der Waals surface area (Å²) in [5, 5.41) is 0. The SMILES string of the molecule is CC(C)C(=O)[C@@H]1C[C@@H](C)CN1C(=O)OC(C)(C)C. The Kier molecular flexibility index (Phi) is 4.41. The van der Waals surface area contributed by atoms with Gasteiger partial charge in [0, 0.05) is 12.5 Å². The lowest BCUT2D eigenvalue weighted by molar-refractivity contribution is -0.126. The predicted molar refractivity (Wildman–Crippen MR) is 70.4 cm³/mol. The van der Waals surface area contributed by atoms with Crippen molar-refractivity contribution in [2.75, 3.05) is 6.54 Å². The number of amides is 1. The van der Waals surface area contributed by atoms with Gasteiger partial charge in [-0.25, -0.2) is 4.79 Å². The second kappa shape index (κ2) is 5.29. The molecule has 0 aromatic heterocycles. The number of hydrogen-bond donors (Lipinski definition) is 0. The molecule has 1 heterocycles. The Morgan fingerprint density at radius 3 is 2.28 bits per heavy atom. The smallest absolute Gasteiger partial charge is 0.410 e. The van der Waals surface area contributed by atoms with E-state index in [1.54, 1.807) is 4.90 Å². The number of likely N-dealkylation sites (tertiary alicyclic amines) is 1. The van der Waals surface area contributed by atoms with Crippen LogP contribution in [0.3, 0.4) is 0 Å². The van der Waals surface area contributed by atoms with Gasteiger partial charge in [0.05, 0.1) is 6.04 Å². The maximum atomic E-state index is 12.1. The fraction of sp³-hybridized carbons (Fsp3) is 0.857. The third-order valence-electron chi connectivity index (χ3n) is 3.04. The van der Waals surface area contributed by atoms with Gasteiger partial charge >= 0.3 is 6.09 Å². The van der Waals surface area contributed by atoms with Crippen molar-refractivity contribution >= 4 is 11.9 Å². The van der Waals surface area contributed by atoms with Crippen LogP contribution in [0.15, 0.2) is 0 Å². The molecule has 0 spiro atoms. The fourth-order valence-corrected chi connectivity index (χ4v) is 2.22. The molecule has 1 aliphatic rings. The third kappa shape index (κ3) is 3.72. The van der Waals surface area contributed by atoms with E-state index in [0.29, 0.717) is 12.5 Å². The van der Waals surface area contributed by atoms with Crippen molar-refractivity contribution in [1.82, 2.24) is 4.90 Å². The van der Waals surface area contributed by atoms with Gasteiger partial charge < -0.3 is 4.74 Å². The van der Waals surface area contributed by atoms with Gasteiger partial charge in [-0.3, -0.25) is 9.69 Å². The average molecular weight is 255 g/mol. The molecule has 4 nitrogen and oxygen atoms in total. The first-order valence-corrected chi connectivity index (χ1v) is 6.65. The van der Waals surface area contributed by atoms with Gasteiger partial charge in [0.15, 0.2) is 5.78 Å². The standard InChI is InChI=1S/C14H25NO3/c1-9(2)12(16)11-7-10(3)8-15(11)13(17)18-14(4,5)6/h9-11H,7-8H2,1-6H3/t10-,11+/m1/s1. The number of ketones is 1. The summed E-state index contributed by atoms with van der Waals surface area (Å²) in [7, 11) is 0. The van der Waals surface area contributed by atoms with Crippen LogP contribution >= 0.6 is 0 Å². The highest BCUT2D eigenvalue weighted by Gasteiger charge is 2.40. The van der Waals surface area contributed by atoms with E-state index in [1.807, 2.05) is 34.6 Å². The topological polar surface area (TPSA) is 46.6 Å². The second-order valence-corrected chi connectivity index (χ2v) is 6.55. The second-order valence-electron chi connectivity index (χ2n) is 6.55. The van der Waals surface area contributed by atoms with E-state index < -0.39 is 5.60 Å². The van der Waals surface area contributed by atoms with E-state index in [4.69, 9.17) is 4.74 Å². The van der Waals surface area contributed by atoms with Crippen LogP contribution in [0.5, 0.6) is 0 Å². The molecule has 1 amide bonds. The maximum Gasteiger partial charge on any atom is 0.410 e. The minimum atomic E-state index is -0.520. The van der Waals surface area contributed by atoms with E-state index in [1.165, 1.54) is 0 Å². The molecule has 0 bridgehead atoms. The summed E-state index contributed by atoms with van der Waals surface area (Å²) in [5.41, 5.74) is -0.520. The van der Waals surface area contributed by atoms with Crippen LogP contribution in [-0.2, 0) is 9.53 Å². The lowest BCUT2D eigenvalue weighted by atomic mass is 9.97. The Hall–Kier alpha value is -1.06. The zero-order valence-electron chi connectivity index (χ0n) is 12.3. The number of Topliss-reactive ketones (excluding diaryl/α,β-unsaturated/α-hetero) is 1. The molecule has 0 N–H and O–H groups in total. The molecule has 2 atom stereocenters. The number of rotatable bonds is 2. The van der Waals surface area contributed by atoms with Crippen molar-refractivity contribution in [1.29, 1.82) is 0 Å². The first-order chi connectivity index (χ1) is 8.11. The first kappa shape index (κ1) is 15.0. The molecule has 0 radical (unpaired) electrons. The zero-order chi connectivity index (χ0) is 14.1. The summed E-state index contributed by atoms with van der Waals surface area (Å²) < 4.78 is 5.36. The van der Waals surface area contributed by atoms with Gasteiger partial charge in [0.2, 0.25) is 0 Å². The van der Waals surface area contributed by atoms with Crippen LogP contribution in [0.1, 0.15) is 48.0 Å². The van der Waals surface area contributed by atoms with Crippen molar-refractivity contribution in [3.05, 3.63) is 0 Å². The quantitative estimate of drug-likeness (QED) is 0.762. The molecule has 0 saturated carbocycles. The monoisotopic (exact) mass is 255 g/mol. The Labute approximate surface area is 110 Å². The van der Waals surface area contributed by atoms with E-state index in [0.717, 1.165) is 6.42 Å². The Balaban J connectivity index is 2.79. The van der Waals surface area contributed by atoms with E-state index in [9.17, 15) is 9.59 Å². The van der Waals surface area contributed by atoms with Crippen molar-refractivity contribution in [3.63, 3.8) is 0 Å². The summed E-state index contributed by atoms with van der Waals surface area (Å²) >= 11 is 0. The Morgan fingerprint density at radius 1 is 1.28 bits per heavy atom. The summed E-state index contributed by atoms with van der Waals surface area (Å²) in [4.78, 5) is 25.8. The molecule has 0 aromatic carbocycles. The zero-order valence-corrected chi connectivity index (χ0v) is 12.3. The highest BCUT2D eigenvalue weighted by atomic mass is 16.6. The predicted octanol–water partition coefficient (Wildman–Crippen LogP) is 2.86. The van der Waals surface area contributed by atoms with Gasteiger partial charge in [0.1, 0.15) is 5.60 Å². The van der Waals surface area contributed by atoms with Crippen LogP contribution in [0.2, 0.25) is 0 Å². The molecule has 1 rings (SSSR count). The molecule has 4 heteroatoms. The lowest BCUT2D eigenvalue weighted by Gasteiger charge is -2.28. The molecule has 0 aromatic rings. The maximum absolute atomic E-state index is 12.1. The molecule has 1 aliphatic heterocycles. The molecule has 104 valence electrons. The molecule has 0 aliphatic carbocycles. The number of hydrogen-bond acceptors (Lipinski definition) is 3. The lowest BCUT2D eigenvalue weighted by Crippen LogP contribution is -2.44. The minimum absolute atomic E-state index is 0.0507.